The van der Waals surface area contributed by atoms with Crippen LogP contribution in [0.15, 0.2) is 30.3 Å². The molecule has 0 amide bonds. The lowest BCUT2D eigenvalue weighted by Gasteiger charge is -2.16. The van der Waals surface area contributed by atoms with Crippen LogP contribution in [0.25, 0.3) is 0 Å². The fourth-order valence-corrected chi connectivity index (χ4v) is 2.14. The van der Waals surface area contributed by atoms with Gasteiger partial charge < -0.3 is 16.2 Å². The van der Waals surface area contributed by atoms with Gasteiger partial charge in [-0.3, -0.25) is 4.79 Å². The second-order valence-electron chi connectivity index (χ2n) is 5.05. The van der Waals surface area contributed by atoms with E-state index in [-0.39, 0.29) is 6.54 Å². The van der Waals surface area contributed by atoms with E-state index in [0.717, 1.165) is 25.1 Å². The number of hydrogen-bond donors (Lipinski definition) is 3. The van der Waals surface area contributed by atoms with Gasteiger partial charge in [-0.15, -0.1) is 0 Å². The van der Waals surface area contributed by atoms with Crippen molar-refractivity contribution in [3.8, 4) is 0 Å². The lowest BCUT2D eigenvalue weighted by molar-refractivity contribution is -0.141. The number of nitrogens with one attached hydrogen (secondary N) is 1. The number of benzene rings is 1. The number of carbonyl (C=O) groups is 1. The molecule has 0 fully saturated rings. The number of hydrogen-bond acceptors (Lipinski definition) is 3. The maximum Gasteiger partial charge on any atom is 0.307 e. The van der Waals surface area contributed by atoms with E-state index in [0.29, 0.717) is 12.3 Å². The Balaban J connectivity index is 2.17. The largest absolute Gasteiger partial charge is 0.481 e. The van der Waals surface area contributed by atoms with Crippen LogP contribution >= 0.6 is 0 Å². The number of rotatable bonds is 9. The summed E-state index contributed by atoms with van der Waals surface area (Å²) >= 11 is 0. The average Bonchev–Trinajstić information content (AvgIpc) is 2.42. The summed E-state index contributed by atoms with van der Waals surface area (Å²) in [5.74, 6) is -0.795. The van der Waals surface area contributed by atoms with Crippen LogP contribution < -0.4 is 11.1 Å². The predicted octanol–water partition coefficient (Wildman–Crippen LogP) is 2.56. The average molecular weight is 264 g/mol. The molecular weight excluding hydrogens is 240 g/mol. The van der Waals surface area contributed by atoms with Crippen LogP contribution in [0.2, 0.25) is 0 Å². The number of para-hydroxylation sites is 1. The van der Waals surface area contributed by atoms with Crippen molar-refractivity contribution in [3.63, 3.8) is 0 Å². The topological polar surface area (TPSA) is 75.3 Å². The van der Waals surface area contributed by atoms with Gasteiger partial charge in [0.2, 0.25) is 0 Å². The molecule has 0 saturated carbocycles. The van der Waals surface area contributed by atoms with Crippen molar-refractivity contribution in [2.45, 2.75) is 26.2 Å². The third-order valence-electron chi connectivity index (χ3n) is 3.30. The third kappa shape index (κ3) is 6.25. The SMILES string of the molecule is C[C@H](CCCNc1ccccc1)C[C@H](CN)C(=O)O. The summed E-state index contributed by atoms with van der Waals surface area (Å²) in [6.45, 7) is 3.23. The van der Waals surface area contributed by atoms with Crippen LogP contribution in [0.1, 0.15) is 26.2 Å². The molecule has 19 heavy (non-hydrogen) atoms. The quantitative estimate of drug-likeness (QED) is 0.599. The van der Waals surface area contributed by atoms with Gasteiger partial charge >= 0.3 is 5.97 Å². The first-order valence-corrected chi connectivity index (χ1v) is 6.85. The zero-order valence-electron chi connectivity index (χ0n) is 11.5. The third-order valence-corrected chi connectivity index (χ3v) is 3.30. The lowest BCUT2D eigenvalue weighted by Crippen LogP contribution is -2.25. The van der Waals surface area contributed by atoms with E-state index in [1.165, 1.54) is 0 Å². The van der Waals surface area contributed by atoms with Gasteiger partial charge in [0.1, 0.15) is 0 Å². The highest BCUT2D eigenvalue weighted by Gasteiger charge is 2.18. The van der Waals surface area contributed by atoms with Gasteiger partial charge in [0, 0.05) is 18.8 Å². The van der Waals surface area contributed by atoms with E-state index >= 15 is 0 Å². The second kappa shape index (κ2) is 8.53. The highest BCUT2D eigenvalue weighted by molar-refractivity contribution is 5.70. The zero-order valence-corrected chi connectivity index (χ0v) is 11.5. The second-order valence-corrected chi connectivity index (χ2v) is 5.05. The van der Waals surface area contributed by atoms with E-state index in [9.17, 15) is 4.79 Å². The van der Waals surface area contributed by atoms with Crippen molar-refractivity contribution in [1.82, 2.24) is 0 Å². The summed E-state index contributed by atoms with van der Waals surface area (Å²) in [7, 11) is 0. The van der Waals surface area contributed by atoms with Gasteiger partial charge in [-0.2, -0.15) is 0 Å². The van der Waals surface area contributed by atoms with E-state index < -0.39 is 11.9 Å². The van der Waals surface area contributed by atoms with Crippen molar-refractivity contribution < 1.29 is 9.90 Å². The molecule has 0 bridgehead atoms. The Morgan fingerprint density at radius 2 is 2.05 bits per heavy atom. The maximum absolute atomic E-state index is 10.9. The zero-order chi connectivity index (χ0) is 14.1. The van der Waals surface area contributed by atoms with Crippen LogP contribution in [0, 0.1) is 11.8 Å². The first-order chi connectivity index (χ1) is 9.13. The molecule has 1 aromatic rings. The first kappa shape index (κ1) is 15.5. The van der Waals surface area contributed by atoms with Crippen LogP contribution in [-0.2, 0) is 4.79 Å². The van der Waals surface area contributed by atoms with E-state index in [1.54, 1.807) is 0 Å². The van der Waals surface area contributed by atoms with E-state index in [4.69, 9.17) is 10.8 Å². The number of aliphatic carboxylic acids is 1. The van der Waals surface area contributed by atoms with E-state index in [1.807, 2.05) is 30.3 Å². The van der Waals surface area contributed by atoms with Crippen LogP contribution in [0.5, 0.6) is 0 Å². The highest BCUT2D eigenvalue weighted by Crippen LogP contribution is 2.17. The van der Waals surface area contributed by atoms with Gasteiger partial charge in [-0.05, 0) is 37.3 Å². The van der Waals surface area contributed by atoms with Gasteiger partial charge in [0.05, 0.1) is 5.92 Å². The lowest BCUT2D eigenvalue weighted by atomic mass is 9.92. The molecule has 0 saturated heterocycles. The fraction of sp³-hybridized carbons (Fsp3) is 0.533. The molecule has 0 aliphatic heterocycles. The van der Waals surface area contributed by atoms with Gasteiger partial charge in [0.15, 0.2) is 0 Å². The molecule has 4 heteroatoms. The standard InChI is InChI=1S/C15H24N2O2/c1-12(10-13(11-16)15(18)19)6-5-9-17-14-7-3-2-4-8-14/h2-4,7-8,12-13,17H,5-6,9-11,16H2,1H3,(H,18,19)/t12-,13-/m1/s1. The Morgan fingerprint density at radius 3 is 2.63 bits per heavy atom. The fourth-order valence-electron chi connectivity index (χ4n) is 2.14. The number of nitrogens with two attached hydrogens (primary N) is 1. The molecule has 2 atom stereocenters. The molecule has 1 aromatic carbocycles. The van der Waals surface area contributed by atoms with Crippen molar-refractivity contribution >= 4 is 11.7 Å². The Morgan fingerprint density at radius 1 is 1.37 bits per heavy atom. The molecule has 4 nitrogen and oxygen atoms in total. The van der Waals surface area contributed by atoms with Crippen molar-refractivity contribution in [2.24, 2.45) is 17.6 Å². The van der Waals surface area contributed by atoms with Crippen molar-refractivity contribution in [3.05, 3.63) is 30.3 Å². The Hall–Kier alpha value is -1.55. The van der Waals surface area contributed by atoms with Crippen molar-refractivity contribution in [2.75, 3.05) is 18.4 Å². The number of carboxylic acid groups (broad SMARTS) is 1. The molecule has 0 aliphatic rings. The molecule has 0 aliphatic carbocycles. The van der Waals surface area contributed by atoms with Gasteiger partial charge in [0.25, 0.3) is 0 Å². The summed E-state index contributed by atoms with van der Waals surface area (Å²) in [4.78, 5) is 10.9. The summed E-state index contributed by atoms with van der Waals surface area (Å²) in [6, 6.07) is 10.1. The number of anilines is 1. The highest BCUT2D eigenvalue weighted by atomic mass is 16.4. The molecule has 0 radical (unpaired) electrons. The molecule has 0 spiro atoms. The summed E-state index contributed by atoms with van der Waals surface area (Å²) in [6.07, 6.45) is 2.72. The smallest absolute Gasteiger partial charge is 0.307 e. The Labute approximate surface area is 115 Å². The molecule has 0 unspecified atom stereocenters. The van der Waals surface area contributed by atoms with Gasteiger partial charge in [-0.1, -0.05) is 25.1 Å². The summed E-state index contributed by atoms with van der Waals surface area (Å²) in [5, 5.41) is 12.3. The predicted molar refractivity (Wildman–Crippen MR) is 78.1 cm³/mol. The number of carboxylic acids is 1. The van der Waals surface area contributed by atoms with Crippen LogP contribution in [0.3, 0.4) is 0 Å². The van der Waals surface area contributed by atoms with E-state index in [2.05, 4.69) is 12.2 Å². The Bertz CT molecular complexity index is 368. The maximum atomic E-state index is 10.9. The molecule has 0 heterocycles. The summed E-state index contributed by atoms with van der Waals surface area (Å²) < 4.78 is 0. The molecule has 106 valence electrons. The minimum Gasteiger partial charge on any atom is -0.481 e. The van der Waals surface area contributed by atoms with Gasteiger partial charge in [-0.25, -0.2) is 0 Å². The minimum atomic E-state index is -0.781. The first-order valence-electron chi connectivity index (χ1n) is 6.85. The van der Waals surface area contributed by atoms with Crippen LogP contribution in [0.4, 0.5) is 5.69 Å². The molecule has 1 rings (SSSR count). The molecule has 0 aromatic heterocycles. The summed E-state index contributed by atoms with van der Waals surface area (Å²) in [5.41, 5.74) is 6.59. The molecular formula is C15H24N2O2. The minimum absolute atomic E-state index is 0.224. The normalized spacial score (nSPS) is 13.8. The van der Waals surface area contributed by atoms with Crippen molar-refractivity contribution in [1.29, 1.82) is 0 Å². The molecule has 4 N–H and O–H groups in total. The Kier molecular flexibility index (Phi) is 6.97. The van der Waals surface area contributed by atoms with Crippen LogP contribution in [-0.4, -0.2) is 24.2 Å². The monoisotopic (exact) mass is 264 g/mol.